The Labute approximate surface area is 117 Å². The van der Waals surface area contributed by atoms with Gasteiger partial charge in [-0.1, -0.05) is 13.8 Å². The Morgan fingerprint density at radius 3 is 3.06 bits per heavy atom. The number of hydrogen-bond acceptors (Lipinski definition) is 3. The lowest BCUT2D eigenvalue weighted by Crippen LogP contribution is -2.31. The summed E-state index contributed by atoms with van der Waals surface area (Å²) in [6, 6.07) is 0.334. The Morgan fingerprint density at radius 2 is 2.44 bits per heavy atom. The first-order chi connectivity index (χ1) is 8.77. The van der Waals surface area contributed by atoms with Gasteiger partial charge in [0.15, 0.2) is 0 Å². The third-order valence-corrected chi connectivity index (χ3v) is 4.03. The summed E-state index contributed by atoms with van der Waals surface area (Å²) in [6.07, 6.45) is 4.13. The fourth-order valence-corrected chi connectivity index (χ4v) is 3.14. The lowest BCUT2D eigenvalue weighted by Gasteiger charge is -2.25. The van der Waals surface area contributed by atoms with Crippen molar-refractivity contribution in [3.05, 3.63) is 16.4 Å². The summed E-state index contributed by atoms with van der Waals surface area (Å²) in [7, 11) is 0. The van der Waals surface area contributed by atoms with Gasteiger partial charge in [-0.2, -0.15) is 5.10 Å². The second-order valence-corrected chi connectivity index (χ2v) is 5.61. The summed E-state index contributed by atoms with van der Waals surface area (Å²) in [4.78, 5) is 0. The van der Waals surface area contributed by atoms with Crippen molar-refractivity contribution < 1.29 is 4.74 Å². The number of nitrogens with one attached hydrogen (secondary N) is 1. The molecule has 102 valence electrons. The highest BCUT2D eigenvalue weighted by atomic mass is 79.9. The van der Waals surface area contributed by atoms with Crippen LogP contribution >= 0.6 is 15.9 Å². The van der Waals surface area contributed by atoms with Crippen molar-refractivity contribution in [1.82, 2.24) is 15.1 Å². The quantitative estimate of drug-likeness (QED) is 0.877. The van der Waals surface area contributed by atoms with Crippen molar-refractivity contribution in [2.45, 2.75) is 39.3 Å². The first kappa shape index (κ1) is 14.0. The molecule has 1 aromatic heterocycles. The Kier molecular flexibility index (Phi) is 5.21. The molecule has 1 aliphatic rings. The molecule has 0 aromatic carbocycles. The highest BCUT2D eigenvalue weighted by molar-refractivity contribution is 9.10. The third-order valence-electron chi connectivity index (χ3n) is 3.42. The lowest BCUT2D eigenvalue weighted by molar-refractivity contribution is 0.175. The predicted molar refractivity (Wildman–Crippen MR) is 75.6 cm³/mol. The smallest absolute Gasteiger partial charge is 0.0699 e. The van der Waals surface area contributed by atoms with Gasteiger partial charge in [0, 0.05) is 19.1 Å². The maximum absolute atomic E-state index is 5.54. The molecule has 1 aromatic rings. The van der Waals surface area contributed by atoms with E-state index in [2.05, 4.69) is 44.9 Å². The number of halogens is 1. The minimum absolute atomic E-state index is 0.334. The van der Waals surface area contributed by atoms with Gasteiger partial charge in [0.25, 0.3) is 0 Å². The highest BCUT2D eigenvalue weighted by Gasteiger charge is 2.30. The molecular formula is C13H22BrN3O. The summed E-state index contributed by atoms with van der Waals surface area (Å²) in [5, 5.41) is 8.06. The molecule has 1 aliphatic heterocycles. The monoisotopic (exact) mass is 315 g/mol. The van der Waals surface area contributed by atoms with Crippen LogP contribution in [0.5, 0.6) is 0 Å². The maximum Gasteiger partial charge on any atom is 0.0699 e. The van der Waals surface area contributed by atoms with Crippen molar-refractivity contribution in [3.8, 4) is 0 Å². The molecule has 2 heterocycles. The van der Waals surface area contributed by atoms with E-state index in [1.807, 2.05) is 6.20 Å². The van der Waals surface area contributed by atoms with Crippen molar-refractivity contribution in [2.75, 3.05) is 19.8 Å². The summed E-state index contributed by atoms with van der Waals surface area (Å²) in [5.41, 5.74) is 1.27. The Bertz CT molecular complexity index is 374. The van der Waals surface area contributed by atoms with Gasteiger partial charge < -0.3 is 10.1 Å². The van der Waals surface area contributed by atoms with E-state index in [1.54, 1.807) is 0 Å². The Balaban J connectivity index is 2.25. The van der Waals surface area contributed by atoms with E-state index in [0.717, 1.165) is 43.6 Å². The van der Waals surface area contributed by atoms with E-state index in [0.29, 0.717) is 12.0 Å². The second-order valence-electron chi connectivity index (χ2n) is 4.76. The molecule has 1 fully saturated rings. The Morgan fingerprint density at radius 1 is 1.61 bits per heavy atom. The van der Waals surface area contributed by atoms with Crippen molar-refractivity contribution in [1.29, 1.82) is 0 Å². The number of rotatable bonds is 6. The molecule has 4 nitrogen and oxygen atoms in total. The van der Waals surface area contributed by atoms with Crippen molar-refractivity contribution >= 4 is 15.9 Å². The SMILES string of the molecule is CCCn1ncc(Br)c1C(NCC)C1CCOC1. The molecule has 2 rings (SSSR count). The zero-order chi connectivity index (χ0) is 13.0. The standard InChI is InChI=1S/C13H22BrN3O/c1-3-6-17-13(11(14)8-16-17)12(15-4-2)10-5-7-18-9-10/h8,10,12,15H,3-7,9H2,1-2H3. The molecule has 0 radical (unpaired) electrons. The highest BCUT2D eigenvalue weighted by Crippen LogP contribution is 2.33. The van der Waals surface area contributed by atoms with E-state index in [1.165, 1.54) is 5.69 Å². The zero-order valence-corrected chi connectivity index (χ0v) is 12.7. The van der Waals surface area contributed by atoms with Crippen LogP contribution in [0.1, 0.15) is 38.4 Å². The van der Waals surface area contributed by atoms with Crippen LogP contribution in [0.2, 0.25) is 0 Å². The van der Waals surface area contributed by atoms with E-state index < -0.39 is 0 Å². The molecule has 2 atom stereocenters. The molecule has 1 N–H and O–H groups in total. The number of ether oxygens (including phenoxy) is 1. The normalized spacial score (nSPS) is 21.4. The first-order valence-electron chi connectivity index (χ1n) is 6.80. The summed E-state index contributed by atoms with van der Waals surface area (Å²) in [6.45, 7) is 7.99. The zero-order valence-electron chi connectivity index (χ0n) is 11.2. The molecule has 2 unspecified atom stereocenters. The van der Waals surface area contributed by atoms with Crippen LogP contribution < -0.4 is 5.32 Å². The largest absolute Gasteiger partial charge is 0.381 e. The number of aromatic nitrogens is 2. The summed E-state index contributed by atoms with van der Waals surface area (Å²) < 4.78 is 8.76. The summed E-state index contributed by atoms with van der Waals surface area (Å²) in [5.74, 6) is 0.550. The molecule has 1 saturated heterocycles. The number of nitrogens with zero attached hydrogens (tertiary/aromatic N) is 2. The molecule has 18 heavy (non-hydrogen) atoms. The minimum atomic E-state index is 0.334. The van der Waals surface area contributed by atoms with Crippen LogP contribution in [0.15, 0.2) is 10.7 Å². The van der Waals surface area contributed by atoms with Gasteiger partial charge in [-0.25, -0.2) is 0 Å². The van der Waals surface area contributed by atoms with Crippen LogP contribution in [0.4, 0.5) is 0 Å². The van der Waals surface area contributed by atoms with Gasteiger partial charge in [0.2, 0.25) is 0 Å². The van der Waals surface area contributed by atoms with Crippen LogP contribution in [-0.2, 0) is 11.3 Å². The van der Waals surface area contributed by atoms with E-state index in [9.17, 15) is 0 Å². The molecule has 0 aliphatic carbocycles. The topological polar surface area (TPSA) is 39.1 Å². The fraction of sp³-hybridized carbons (Fsp3) is 0.769. The second kappa shape index (κ2) is 6.68. The molecule has 0 saturated carbocycles. The third kappa shape index (κ3) is 2.95. The molecule has 5 heteroatoms. The Hall–Kier alpha value is -0.390. The molecule has 0 amide bonds. The average molecular weight is 316 g/mol. The van der Waals surface area contributed by atoms with Gasteiger partial charge in [-0.05, 0) is 35.3 Å². The predicted octanol–water partition coefficient (Wildman–Crippen LogP) is 2.74. The van der Waals surface area contributed by atoms with Gasteiger partial charge in [0.05, 0.1) is 29.0 Å². The van der Waals surface area contributed by atoms with Gasteiger partial charge >= 0.3 is 0 Å². The van der Waals surface area contributed by atoms with Gasteiger partial charge in [-0.15, -0.1) is 0 Å². The van der Waals surface area contributed by atoms with Crippen LogP contribution in [0, 0.1) is 5.92 Å². The molecular weight excluding hydrogens is 294 g/mol. The molecule has 0 bridgehead atoms. The van der Waals surface area contributed by atoms with E-state index in [-0.39, 0.29) is 0 Å². The number of hydrogen-bond donors (Lipinski definition) is 1. The minimum Gasteiger partial charge on any atom is -0.381 e. The first-order valence-corrected chi connectivity index (χ1v) is 7.59. The maximum atomic E-state index is 5.54. The van der Waals surface area contributed by atoms with Gasteiger partial charge in [-0.3, -0.25) is 4.68 Å². The van der Waals surface area contributed by atoms with Crippen LogP contribution in [0.3, 0.4) is 0 Å². The van der Waals surface area contributed by atoms with Gasteiger partial charge in [0.1, 0.15) is 0 Å². The number of aryl methyl sites for hydroxylation is 1. The van der Waals surface area contributed by atoms with Crippen molar-refractivity contribution in [2.24, 2.45) is 5.92 Å². The van der Waals surface area contributed by atoms with Crippen LogP contribution in [-0.4, -0.2) is 29.5 Å². The summed E-state index contributed by atoms with van der Waals surface area (Å²) >= 11 is 3.64. The van der Waals surface area contributed by atoms with E-state index >= 15 is 0 Å². The van der Waals surface area contributed by atoms with E-state index in [4.69, 9.17) is 4.74 Å². The van der Waals surface area contributed by atoms with Crippen LogP contribution in [0.25, 0.3) is 0 Å². The fourth-order valence-electron chi connectivity index (χ4n) is 2.59. The molecule has 0 spiro atoms. The lowest BCUT2D eigenvalue weighted by atomic mass is 9.96. The average Bonchev–Trinajstić information content (AvgIpc) is 2.98. The van der Waals surface area contributed by atoms with Crippen molar-refractivity contribution in [3.63, 3.8) is 0 Å².